The van der Waals surface area contributed by atoms with Crippen molar-refractivity contribution in [2.24, 2.45) is 0 Å². The van der Waals surface area contributed by atoms with Crippen LogP contribution < -0.4 is 0 Å². The highest BCUT2D eigenvalue weighted by atomic mass is 19.1. The summed E-state index contributed by atoms with van der Waals surface area (Å²) < 4.78 is 13.3. The second-order valence-electron chi connectivity index (χ2n) is 6.70. The summed E-state index contributed by atoms with van der Waals surface area (Å²) >= 11 is 0. The first-order chi connectivity index (χ1) is 14.1. The average Bonchev–Trinajstić information content (AvgIpc) is 3.00. The number of likely N-dealkylation sites (tertiary alicyclic amines) is 1. The van der Waals surface area contributed by atoms with Gasteiger partial charge in [-0.05, 0) is 47.5 Å². The zero-order valence-corrected chi connectivity index (χ0v) is 15.3. The summed E-state index contributed by atoms with van der Waals surface area (Å²) in [7, 11) is 0. The molecule has 1 atom stereocenters. The number of amides is 1. The Morgan fingerprint density at radius 3 is 2.28 bits per heavy atom. The number of pyridine rings is 1. The predicted octanol–water partition coefficient (Wildman–Crippen LogP) is 3.84. The normalized spacial score (nSPS) is 18.2. The first-order valence-electron chi connectivity index (χ1n) is 9.04. The first-order valence-corrected chi connectivity index (χ1v) is 9.04. The molecule has 0 radical (unpaired) electrons. The van der Waals surface area contributed by atoms with Crippen molar-refractivity contribution < 1.29 is 19.1 Å². The second kappa shape index (κ2) is 7.67. The fraction of sp³-hybridized carbons (Fsp3) is 0.0870. The molecule has 0 aliphatic carbocycles. The van der Waals surface area contributed by atoms with Crippen LogP contribution in [0.1, 0.15) is 22.7 Å². The zero-order valence-electron chi connectivity index (χ0n) is 15.3. The summed E-state index contributed by atoms with van der Waals surface area (Å²) in [6.07, 6.45) is 3.13. The molecule has 1 aliphatic heterocycles. The Labute approximate surface area is 166 Å². The molecule has 6 heteroatoms. The van der Waals surface area contributed by atoms with Gasteiger partial charge in [-0.3, -0.25) is 14.6 Å². The van der Waals surface area contributed by atoms with Crippen molar-refractivity contribution in [2.45, 2.75) is 12.6 Å². The van der Waals surface area contributed by atoms with Gasteiger partial charge in [0.25, 0.3) is 11.7 Å². The highest BCUT2D eigenvalue weighted by Crippen LogP contribution is 2.40. The number of hydrogen-bond donors (Lipinski definition) is 1. The van der Waals surface area contributed by atoms with E-state index in [1.165, 1.54) is 29.2 Å². The van der Waals surface area contributed by atoms with Crippen molar-refractivity contribution in [2.75, 3.05) is 0 Å². The van der Waals surface area contributed by atoms with Crippen LogP contribution in [0.2, 0.25) is 0 Å². The quantitative estimate of drug-likeness (QED) is 0.419. The van der Waals surface area contributed by atoms with Gasteiger partial charge in [-0.1, -0.05) is 30.3 Å². The van der Waals surface area contributed by atoms with E-state index in [1.807, 2.05) is 30.3 Å². The molecule has 5 nitrogen and oxygen atoms in total. The molecule has 29 heavy (non-hydrogen) atoms. The van der Waals surface area contributed by atoms with E-state index < -0.39 is 23.5 Å². The molecule has 1 aromatic heterocycles. The number of carbonyl (C=O) groups is 2. The van der Waals surface area contributed by atoms with Crippen molar-refractivity contribution in [3.05, 3.63) is 107 Å². The van der Waals surface area contributed by atoms with E-state index in [1.54, 1.807) is 24.5 Å². The largest absolute Gasteiger partial charge is 0.507 e. The topological polar surface area (TPSA) is 70.5 Å². The number of Topliss-reactive ketones (excluding diaryl/α,β-unsaturated/α-hetero) is 1. The van der Waals surface area contributed by atoms with Crippen LogP contribution in [-0.4, -0.2) is 26.7 Å². The van der Waals surface area contributed by atoms with Crippen LogP contribution in [-0.2, 0) is 16.1 Å². The summed E-state index contributed by atoms with van der Waals surface area (Å²) in [5, 5.41) is 10.9. The molecular weight excluding hydrogens is 371 g/mol. The monoisotopic (exact) mass is 388 g/mol. The number of rotatable bonds is 4. The molecule has 1 unspecified atom stereocenters. The van der Waals surface area contributed by atoms with Crippen LogP contribution in [0.15, 0.2) is 84.7 Å². The molecule has 144 valence electrons. The minimum atomic E-state index is -0.775. The Morgan fingerprint density at radius 2 is 1.62 bits per heavy atom. The standard InChI is InChI=1S/C23H17FN2O3/c24-18-8-6-17(7-9-18)21(27)19-20(16-10-12-25-13-11-16)26(23(29)22(19)28)14-15-4-2-1-3-5-15/h1-13,20,27H,14H2. The first kappa shape index (κ1) is 18.6. The summed E-state index contributed by atoms with van der Waals surface area (Å²) in [4.78, 5) is 31.1. The van der Waals surface area contributed by atoms with Crippen LogP contribution in [0.3, 0.4) is 0 Å². The van der Waals surface area contributed by atoms with Crippen molar-refractivity contribution in [1.29, 1.82) is 0 Å². The van der Waals surface area contributed by atoms with Gasteiger partial charge in [0.15, 0.2) is 0 Å². The lowest BCUT2D eigenvalue weighted by molar-refractivity contribution is -0.140. The Kier molecular flexibility index (Phi) is 4.91. The average molecular weight is 388 g/mol. The Hall–Kier alpha value is -3.80. The minimum absolute atomic E-state index is 0.0243. The Morgan fingerprint density at radius 1 is 0.966 bits per heavy atom. The van der Waals surface area contributed by atoms with Gasteiger partial charge in [0.05, 0.1) is 11.6 Å². The van der Waals surface area contributed by atoms with Crippen LogP contribution in [0, 0.1) is 5.82 Å². The molecule has 2 aromatic carbocycles. The van der Waals surface area contributed by atoms with E-state index in [9.17, 15) is 19.1 Å². The molecule has 1 amide bonds. The van der Waals surface area contributed by atoms with Crippen molar-refractivity contribution >= 4 is 17.4 Å². The number of hydrogen-bond acceptors (Lipinski definition) is 4. The van der Waals surface area contributed by atoms with Crippen LogP contribution in [0.25, 0.3) is 5.76 Å². The lowest BCUT2D eigenvalue weighted by Gasteiger charge is -2.25. The number of carbonyl (C=O) groups excluding carboxylic acids is 2. The van der Waals surface area contributed by atoms with Crippen molar-refractivity contribution in [1.82, 2.24) is 9.88 Å². The maximum Gasteiger partial charge on any atom is 0.295 e. The van der Waals surface area contributed by atoms with Crippen LogP contribution in [0.4, 0.5) is 4.39 Å². The van der Waals surface area contributed by atoms with Crippen LogP contribution >= 0.6 is 0 Å². The summed E-state index contributed by atoms with van der Waals surface area (Å²) in [5.41, 5.74) is 1.75. The lowest BCUT2D eigenvalue weighted by Crippen LogP contribution is -2.29. The van der Waals surface area contributed by atoms with Crippen LogP contribution in [0.5, 0.6) is 0 Å². The highest BCUT2D eigenvalue weighted by molar-refractivity contribution is 6.46. The van der Waals surface area contributed by atoms with Gasteiger partial charge < -0.3 is 10.0 Å². The molecule has 1 aliphatic rings. The number of benzene rings is 2. The predicted molar refractivity (Wildman–Crippen MR) is 105 cm³/mol. The number of aliphatic hydroxyl groups excluding tert-OH is 1. The summed E-state index contributed by atoms with van der Waals surface area (Å²) in [5.74, 6) is -2.26. The van der Waals surface area contributed by atoms with Crippen molar-refractivity contribution in [3.63, 3.8) is 0 Å². The number of aliphatic hydroxyl groups is 1. The maximum atomic E-state index is 13.3. The minimum Gasteiger partial charge on any atom is -0.507 e. The number of nitrogens with zero attached hydrogens (tertiary/aromatic N) is 2. The fourth-order valence-corrected chi connectivity index (χ4v) is 3.48. The smallest absolute Gasteiger partial charge is 0.295 e. The van der Waals surface area contributed by atoms with Gasteiger partial charge in [0.2, 0.25) is 0 Å². The van der Waals surface area contributed by atoms with E-state index >= 15 is 0 Å². The lowest BCUT2D eigenvalue weighted by atomic mass is 9.96. The van der Waals surface area contributed by atoms with Gasteiger partial charge in [-0.15, -0.1) is 0 Å². The van der Waals surface area contributed by atoms with Gasteiger partial charge >= 0.3 is 0 Å². The van der Waals surface area contributed by atoms with E-state index in [2.05, 4.69) is 4.98 Å². The second-order valence-corrected chi connectivity index (χ2v) is 6.70. The molecule has 1 saturated heterocycles. The molecule has 0 spiro atoms. The van der Waals surface area contributed by atoms with Crippen molar-refractivity contribution in [3.8, 4) is 0 Å². The van der Waals surface area contributed by atoms with E-state index in [-0.39, 0.29) is 23.4 Å². The summed E-state index contributed by atoms with van der Waals surface area (Å²) in [6.45, 7) is 0.207. The fourth-order valence-electron chi connectivity index (χ4n) is 3.48. The van der Waals surface area contributed by atoms with E-state index in [0.717, 1.165) is 5.56 Å². The third-order valence-electron chi connectivity index (χ3n) is 4.88. The van der Waals surface area contributed by atoms with E-state index in [4.69, 9.17) is 0 Å². The van der Waals surface area contributed by atoms with Gasteiger partial charge in [0, 0.05) is 24.5 Å². The SMILES string of the molecule is O=C1C(=O)N(Cc2ccccc2)C(c2ccncc2)C1=C(O)c1ccc(F)cc1. The highest BCUT2D eigenvalue weighted by Gasteiger charge is 2.46. The van der Waals surface area contributed by atoms with Gasteiger partial charge in [0.1, 0.15) is 11.6 Å². The molecule has 4 rings (SSSR count). The molecule has 0 bridgehead atoms. The van der Waals surface area contributed by atoms with E-state index in [0.29, 0.717) is 5.56 Å². The van der Waals surface area contributed by atoms with Gasteiger partial charge in [-0.2, -0.15) is 0 Å². The number of halogens is 1. The summed E-state index contributed by atoms with van der Waals surface area (Å²) in [6, 6.07) is 17.1. The molecular formula is C23H17FN2O3. The Bertz CT molecular complexity index is 1080. The molecule has 3 aromatic rings. The molecule has 0 saturated carbocycles. The Balaban J connectivity index is 1.85. The maximum absolute atomic E-state index is 13.3. The molecule has 2 heterocycles. The number of aromatic nitrogens is 1. The van der Waals surface area contributed by atoms with Gasteiger partial charge in [-0.25, -0.2) is 4.39 Å². The molecule has 1 N–H and O–H groups in total. The third-order valence-corrected chi connectivity index (χ3v) is 4.88. The third kappa shape index (κ3) is 3.52. The zero-order chi connectivity index (χ0) is 20.4. The number of ketones is 1. The molecule has 1 fully saturated rings.